The summed E-state index contributed by atoms with van der Waals surface area (Å²) in [4.78, 5) is 23.7. The van der Waals surface area contributed by atoms with E-state index in [1.165, 1.54) is 102 Å². The van der Waals surface area contributed by atoms with Gasteiger partial charge in [-0.2, -0.15) is 0 Å². The molecule has 1 atom stereocenters. The second-order valence-electron chi connectivity index (χ2n) is 12.1. The van der Waals surface area contributed by atoms with Gasteiger partial charge in [0.15, 0.2) is 0 Å². The highest BCUT2D eigenvalue weighted by molar-refractivity contribution is 7.85. The standard InChI is InChI=1S/C35H64O7S/c1-4-5-6-7-8-9-10-11-12-13-14-15-16-17-18-19-20-21-25-28-34(36)42-33(3)27-24-22-23-26-32(2)31-35(37)41-29-30-43(38,39)40/h9-10,31,33H,4-8,11-30H2,1-3H3,(H,38,39,40)/p-1/b10-9-,32-31-/t33-/m1/s1. The highest BCUT2D eigenvalue weighted by Crippen LogP contribution is 2.15. The lowest BCUT2D eigenvalue weighted by molar-refractivity contribution is -0.148. The van der Waals surface area contributed by atoms with Crippen molar-refractivity contribution in [3.8, 4) is 0 Å². The SMILES string of the molecule is CCCCCC/C=C\CCCCCCCCCCCCCC(=O)O[C@H](C)CCCCC/C(C)=C\C(=O)OCCS(=O)(=O)[O-]. The number of allylic oxidation sites excluding steroid dienone is 3. The van der Waals surface area contributed by atoms with Gasteiger partial charge in [-0.3, -0.25) is 4.79 Å². The first-order chi connectivity index (χ1) is 20.6. The van der Waals surface area contributed by atoms with Crippen LogP contribution in [0, 0.1) is 0 Å². The van der Waals surface area contributed by atoms with E-state index >= 15 is 0 Å². The molecule has 0 rings (SSSR count). The predicted octanol–water partition coefficient (Wildman–Crippen LogP) is 9.50. The van der Waals surface area contributed by atoms with Crippen LogP contribution in [0.5, 0.6) is 0 Å². The molecule has 0 fully saturated rings. The van der Waals surface area contributed by atoms with E-state index in [0.29, 0.717) is 6.42 Å². The van der Waals surface area contributed by atoms with Gasteiger partial charge in [-0.05, 0) is 71.6 Å². The van der Waals surface area contributed by atoms with Crippen molar-refractivity contribution in [2.45, 2.75) is 175 Å². The zero-order chi connectivity index (χ0) is 32.0. The van der Waals surface area contributed by atoms with Gasteiger partial charge >= 0.3 is 11.9 Å². The maximum absolute atomic E-state index is 12.1. The van der Waals surface area contributed by atoms with Crippen LogP contribution in [-0.2, 0) is 29.2 Å². The van der Waals surface area contributed by atoms with Gasteiger partial charge in [-0.25, -0.2) is 13.2 Å². The average Bonchev–Trinajstić information content (AvgIpc) is 2.93. The zero-order valence-electron chi connectivity index (χ0n) is 27.8. The van der Waals surface area contributed by atoms with Crippen LogP contribution in [0.15, 0.2) is 23.8 Å². The van der Waals surface area contributed by atoms with E-state index in [4.69, 9.17) is 9.47 Å². The highest BCUT2D eigenvalue weighted by atomic mass is 32.2. The van der Waals surface area contributed by atoms with Crippen molar-refractivity contribution >= 4 is 22.1 Å². The molecule has 0 heterocycles. The Labute approximate surface area is 264 Å². The molecule has 0 amide bonds. The van der Waals surface area contributed by atoms with Crippen LogP contribution in [0.2, 0.25) is 0 Å². The first kappa shape index (κ1) is 41.3. The topological polar surface area (TPSA) is 110 Å². The summed E-state index contributed by atoms with van der Waals surface area (Å²) in [6.07, 6.45) is 32.6. The molecule has 43 heavy (non-hydrogen) atoms. The van der Waals surface area contributed by atoms with Crippen molar-refractivity contribution in [1.82, 2.24) is 0 Å². The first-order valence-electron chi connectivity index (χ1n) is 17.3. The Bertz CT molecular complexity index is 848. The number of rotatable bonds is 30. The van der Waals surface area contributed by atoms with Gasteiger partial charge in [0.1, 0.15) is 6.61 Å². The van der Waals surface area contributed by atoms with E-state index < -0.39 is 28.4 Å². The second kappa shape index (κ2) is 29.1. The monoisotopic (exact) mass is 627 g/mol. The molecular formula is C35H63O7S-. The van der Waals surface area contributed by atoms with E-state index in [-0.39, 0.29) is 12.1 Å². The fourth-order valence-corrected chi connectivity index (χ4v) is 5.25. The molecule has 0 aromatic carbocycles. The van der Waals surface area contributed by atoms with Crippen LogP contribution in [0.3, 0.4) is 0 Å². The Morgan fingerprint density at radius 2 is 1.21 bits per heavy atom. The summed E-state index contributed by atoms with van der Waals surface area (Å²) in [5.74, 6) is -1.45. The number of ether oxygens (including phenoxy) is 2. The number of carbonyl (C=O) groups excluding carboxylic acids is 2. The zero-order valence-corrected chi connectivity index (χ0v) is 28.6. The molecule has 252 valence electrons. The minimum atomic E-state index is -4.38. The predicted molar refractivity (Wildman–Crippen MR) is 176 cm³/mol. The van der Waals surface area contributed by atoms with Crippen LogP contribution in [-0.4, -0.2) is 43.4 Å². The highest BCUT2D eigenvalue weighted by Gasteiger charge is 2.09. The molecule has 0 aromatic rings. The molecule has 0 aliphatic rings. The molecular weight excluding hydrogens is 564 g/mol. The molecule has 0 bridgehead atoms. The summed E-state index contributed by atoms with van der Waals surface area (Å²) in [5.41, 5.74) is 0.840. The average molecular weight is 628 g/mol. The third-order valence-electron chi connectivity index (χ3n) is 7.60. The molecule has 0 N–H and O–H groups in total. The lowest BCUT2D eigenvalue weighted by Crippen LogP contribution is -2.14. The normalized spacial score (nSPS) is 13.0. The molecule has 0 saturated carbocycles. The maximum atomic E-state index is 12.1. The van der Waals surface area contributed by atoms with Crippen molar-refractivity contribution in [3.05, 3.63) is 23.8 Å². The molecule has 0 spiro atoms. The van der Waals surface area contributed by atoms with Crippen molar-refractivity contribution in [3.63, 3.8) is 0 Å². The Morgan fingerprint density at radius 1 is 0.721 bits per heavy atom. The fraction of sp³-hybridized carbons (Fsp3) is 0.829. The molecule has 0 aromatic heterocycles. The van der Waals surface area contributed by atoms with Gasteiger partial charge in [0.25, 0.3) is 0 Å². The van der Waals surface area contributed by atoms with Crippen molar-refractivity contribution in [2.75, 3.05) is 12.4 Å². The number of unbranched alkanes of at least 4 members (excludes halogenated alkanes) is 17. The van der Waals surface area contributed by atoms with Gasteiger partial charge in [-0.1, -0.05) is 108 Å². The Hall–Kier alpha value is -1.67. The smallest absolute Gasteiger partial charge is 0.330 e. The van der Waals surface area contributed by atoms with Crippen LogP contribution in [0.25, 0.3) is 0 Å². The van der Waals surface area contributed by atoms with Crippen molar-refractivity contribution in [1.29, 1.82) is 0 Å². The van der Waals surface area contributed by atoms with Crippen molar-refractivity contribution < 1.29 is 32.0 Å². The van der Waals surface area contributed by atoms with E-state index in [9.17, 15) is 22.6 Å². The first-order valence-corrected chi connectivity index (χ1v) is 18.8. The lowest BCUT2D eigenvalue weighted by Gasteiger charge is -2.13. The third kappa shape index (κ3) is 33.1. The minimum absolute atomic E-state index is 0.0896. The van der Waals surface area contributed by atoms with Crippen LogP contribution in [0.4, 0.5) is 0 Å². The number of carbonyl (C=O) groups is 2. The molecule has 0 saturated heterocycles. The minimum Gasteiger partial charge on any atom is -0.748 e. The summed E-state index contributed by atoms with van der Waals surface area (Å²) >= 11 is 0. The molecule has 0 radical (unpaired) electrons. The number of hydrogen-bond acceptors (Lipinski definition) is 7. The van der Waals surface area contributed by atoms with Crippen molar-refractivity contribution in [2.24, 2.45) is 0 Å². The van der Waals surface area contributed by atoms with Gasteiger partial charge in [0, 0.05) is 12.5 Å². The fourth-order valence-electron chi connectivity index (χ4n) is 4.96. The summed E-state index contributed by atoms with van der Waals surface area (Å²) in [6, 6.07) is 0. The van der Waals surface area contributed by atoms with Gasteiger partial charge in [-0.15, -0.1) is 0 Å². The van der Waals surface area contributed by atoms with Crippen LogP contribution < -0.4 is 0 Å². The molecule has 0 aliphatic heterocycles. The molecule has 0 unspecified atom stereocenters. The maximum Gasteiger partial charge on any atom is 0.330 e. The Kier molecular flexibility index (Phi) is 27.9. The van der Waals surface area contributed by atoms with E-state index in [1.807, 2.05) is 13.8 Å². The quantitative estimate of drug-likeness (QED) is 0.0256. The molecule has 0 aliphatic carbocycles. The second-order valence-corrected chi connectivity index (χ2v) is 13.6. The van der Waals surface area contributed by atoms with E-state index in [1.54, 1.807) is 0 Å². The molecule has 7 nitrogen and oxygen atoms in total. The summed E-state index contributed by atoms with van der Waals surface area (Å²) in [5, 5.41) is 0. The largest absolute Gasteiger partial charge is 0.748 e. The van der Waals surface area contributed by atoms with E-state index in [2.05, 4.69) is 19.1 Å². The number of esters is 2. The Morgan fingerprint density at radius 3 is 1.77 bits per heavy atom. The summed E-state index contributed by atoms with van der Waals surface area (Å²) in [6.45, 7) is 5.59. The lowest BCUT2D eigenvalue weighted by atomic mass is 10.0. The van der Waals surface area contributed by atoms with E-state index in [0.717, 1.165) is 50.5 Å². The van der Waals surface area contributed by atoms with Gasteiger partial charge < -0.3 is 14.0 Å². The summed E-state index contributed by atoms with van der Waals surface area (Å²) in [7, 11) is -4.38. The van der Waals surface area contributed by atoms with Gasteiger partial charge in [0.05, 0.1) is 22.0 Å². The Balaban J connectivity index is 3.53. The van der Waals surface area contributed by atoms with Gasteiger partial charge in [0.2, 0.25) is 0 Å². The third-order valence-corrected chi connectivity index (χ3v) is 8.27. The molecule has 8 heteroatoms. The van der Waals surface area contributed by atoms with Crippen LogP contribution >= 0.6 is 0 Å². The number of hydrogen-bond donors (Lipinski definition) is 0. The summed E-state index contributed by atoms with van der Waals surface area (Å²) < 4.78 is 41.8. The van der Waals surface area contributed by atoms with Crippen LogP contribution in [0.1, 0.15) is 168 Å².